The van der Waals surface area contributed by atoms with Crippen LogP contribution in [0.15, 0.2) is 30.3 Å². The van der Waals surface area contributed by atoms with E-state index in [1.807, 2.05) is 13.8 Å². The van der Waals surface area contributed by atoms with Gasteiger partial charge in [0.1, 0.15) is 0 Å². The van der Waals surface area contributed by atoms with Crippen molar-refractivity contribution in [3.05, 3.63) is 35.9 Å². The maximum atomic E-state index is 12.9. The van der Waals surface area contributed by atoms with Gasteiger partial charge in [0.15, 0.2) is 0 Å². The number of nitrogens with zero attached hydrogens (tertiary/aromatic N) is 2. The largest absolute Gasteiger partial charge is 0.334 e. The Kier molecular flexibility index (Phi) is 5.57. The summed E-state index contributed by atoms with van der Waals surface area (Å²) in [5.41, 5.74) is 7.54. The molecule has 1 aromatic rings. The highest BCUT2D eigenvalue weighted by atomic mass is 16.2. The summed E-state index contributed by atoms with van der Waals surface area (Å²) in [6.07, 6.45) is 4.56. The third-order valence-electron chi connectivity index (χ3n) is 5.32. The van der Waals surface area contributed by atoms with Crippen molar-refractivity contribution >= 4 is 5.91 Å². The van der Waals surface area contributed by atoms with Crippen molar-refractivity contribution in [1.82, 2.24) is 9.80 Å². The van der Waals surface area contributed by atoms with Gasteiger partial charge in [0.05, 0.1) is 6.04 Å². The van der Waals surface area contributed by atoms with E-state index in [9.17, 15) is 4.79 Å². The highest BCUT2D eigenvalue weighted by molar-refractivity contribution is 5.82. The maximum Gasteiger partial charge on any atom is 0.240 e. The Labute approximate surface area is 146 Å². The lowest BCUT2D eigenvalue weighted by molar-refractivity contribution is -0.138. The normalized spacial score (nSPS) is 23.2. The van der Waals surface area contributed by atoms with Gasteiger partial charge in [0.2, 0.25) is 5.91 Å². The molecule has 4 nitrogen and oxygen atoms in total. The fourth-order valence-electron chi connectivity index (χ4n) is 3.71. The quantitative estimate of drug-likeness (QED) is 0.873. The van der Waals surface area contributed by atoms with Crippen molar-refractivity contribution in [2.75, 3.05) is 13.1 Å². The van der Waals surface area contributed by atoms with Crippen LogP contribution in [0.2, 0.25) is 0 Å². The molecule has 2 fully saturated rings. The molecule has 24 heavy (non-hydrogen) atoms. The molecule has 1 saturated carbocycles. The standard InChI is InChI=1S/C20H31N3O/c1-15(2)19(21)20(24)23(17-10-11-17)18-9-6-12-22(14-18)13-16-7-4-3-5-8-16/h3-5,7-8,15,17-19H,6,9-14,21H2,1-2H3. The molecular formula is C20H31N3O. The van der Waals surface area contributed by atoms with E-state index >= 15 is 0 Å². The predicted octanol–water partition coefficient (Wildman–Crippen LogP) is 2.63. The number of benzene rings is 1. The van der Waals surface area contributed by atoms with E-state index in [1.165, 1.54) is 5.56 Å². The Balaban J connectivity index is 1.66. The molecule has 132 valence electrons. The minimum absolute atomic E-state index is 0.166. The first-order chi connectivity index (χ1) is 11.6. The number of likely N-dealkylation sites (tertiary alicyclic amines) is 1. The number of piperidine rings is 1. The zero-order valence-corrected chi connectivity index (χ0v) is 15.0. The lowest BCUT2D eigenvalue weighted by Gasteiger charge is -2.41. The molecule has 2 atom stereocenters. The second-order valence-electron chi connectivity index (χ2n) is 7.76. The minimum atomic E-state index is -0.366. The fourth-order valence-corrected chi connectivity index (χ4v) is 3.71. The number of carbonyl (C=O) groups is 1. The number of rotatable bonds is 6. The average Bonchev–Trinajstić information content (AvgIpc) is 3.40. The van der Waals surface area contributed by atoms with Crippen molar-refractivity contribution in [2.24, 2.45) is 11.7 Å². The fraction of sp³-hybridized carbons (Fsp3) is 0.650. The van der Waals surface area contributed by atoms with Crippen LogP contribution in [-0.2, 0) is 11.3 Å². The average molecular weight is 329 g/mol. The first-order valence-electron chi connectivity index (χ1n) is 9.40. The molecule has 1 saturated heterocycles. The number of hydrogen-bond donors (Lipinski definition) is 1. The molecule has 2 N–H and O–H groups in total. The van der Waals surface area contributed by atoms with Crippen molar-refractivity contribution in [3.63, 3.8) is 0 Å². The second kappa shape index (κ2) is 7.66. The molecule has 3 rings (SSSR count). The summed E-state index contributed by atoms with van der Waals surface area (Å²) in [4.78, 5) is 17.6. The van der Waals surface area contributed by atoms with Gasteiger partial charge in [-0.3, -0.25) is 9.69 Å². The maximum absolute atomic E-state index is 12.9. The van der Waals surface area contributed by atoms with Crippen LogP contribution in [0.5, 0.6) is 0 Å². The van der Waals surface area contributed by atoms with E-state index in [4.69, 9.17) is 5.73 Å². The molecular weight excluding hydrogens is 298 g/mol. The van der Waals surface area contributed by atoms with Gasteiger partial charge in [-0.15, -0.1) is 0 Å². The number of nitrogens with two attached hydrogens (primary N) is 1. The van der Waals surface area contributed by atoms with Crippen molar-refractivity contribution < 1.29 is 4.79 Å². The Hall–Kier alpha value is -1.39. The zero-order valence-electron chi connectivity index (χ0n) is 15.0. The van der Waals surface area contributed by atoms with Crippen molar-refractivity contribution in [2.45, 2.75) is 64.2 Å². The molecule has 0 bridgehead atoms. The smallest absolute Gasteiger partial charge is 0.240 e. The summed E-state index contributed by atoms with van der Waals surface area (Å²) in [7, 11) is 0. The van der Waals surface area contributed by atoms with Crippen LogP contribution in [0.4, 0.5) is 0 Å². The van der Waals surface area contributed by atoms with Crippen LogP contribution >= 0.6 is 0 Å². The van der Waals surface area contributed by atoms with Crippen LogP contribution in [0.3, 0.4) is 0 Å². The molecule has 2 unspecified atom stereocenters. The van der Waals surface area contributed by atoms with Gasteiger partial charge in [-0.2, -0.15) is 0 Å². The second-order valence-corrected chi connectivity index (χ2v) is 7.76. The van der Waals surface area contributed by atoms with Gasteiger partial charge in [0.25, 0.3) is 0 Å². The van der Waals surface area contributed by atoms with Gasteiger partial charge < -0.3 is 10.6 Å². The number of hydrogen-bond acceptors (Lipinski definition) is 3. The van der Waals surface area contributed by atoms with Crippen molar-refractivity contribution in [3.8, 4) is 0 Å². The molecule has 1 aliphatic carbocycles. The first kappa shape index (κ1) is 17.4. The highest BCUT2D eigenvalue weighted by Gasteiger charge is 2.40. The number of amides is 1. The van der Waals surface area contributed by atoms with E-state index in [0.29, 0.717) is 12.1 Å². The Morgan fingerprint density at radius 1 is 1.21 bits per heavy atom. The van der Waals surface area contributed by atoms with Crippen LogP contribution < -0.4 is 5.73 Å². The van der Waals surface area contributed by atoms with Crippen LogP contribution in [0, 0.1) is 5.92 Å². The third-order valence-corrected chi connectivity index (χ3v) is 5.32. The SMILES string of the molecule is CC(C)C(N)C(=O)N(C1CC1)C1CCCN(Cc2ccccc2)C1. The first-order valence-corrected chi connectivity index (χ1v) is 9.40. The molecule has 0 spiro atoms. The van der Waals surface area contributed by atoms with Crippen molar-refractivity contribution in [1.29, 1.82) is 0 Å². The van der Waals surface area contributed by atoms with Gasteiger partial charge in [0, 0.05) is 25.2 Å². The Bertz CT molecular complexity index is 541. The monoisotopic (exact) mass is 329 g/mol. The molecule has 4 heteroatoms. The van der Waals surface area contributed by atoms with E-state index < -0.39 is 0 Å². The summed E-state index contributed by atoms with van der Waals surface area (Å²) in [6.45, 7) is 7.14. The lowest BCUT2D eigenvalue weighted by atomic mass is 9.99. The lowest BCUT2D eigenvalue weighted by Crippen LogP contribution is -2.56. The van der Waals surface area contributed by atoms with Gasteiger partial charge in [-0.25, -0.2) is 0 Å². The Morgan fingerprint density at radius 2 is 1.92 bits per heavy atom. The predicted molar refractivity (Wildman–Crippen MR) is 97.4 cm³/mol. The third kappa shape index (κ3) is 4.17. The zero-order chi connectivity index (χ0) is 17.1. The molecule has 1 aromatic carbocycles. The number of carbonyl (C=O) groups excluding carboxylic acids is 1. The van der Waals surface area contributed by atoms with E-state index in [1.54, 1.807) is 0 Å². The summed E-state index contributed by atoms with van der Waals surface area (Å²) in [6, 6.07) is 11.0. The summed E-state index contributed by atoms with van der Waals surface area (Å²) in [5, 5.41) is 0. The Morgan fingerprint density at radius 3 is 2.54 bits per heavy atom. The van der Waals surface area contributed by atoms with Gasteiger partial charge in [-0.1, -0.05) is 44.2 Å². The summed E-state index contributed by atoms with van der Waals surface area (Å²) >= 11 is 0. The molecule has 1 heterocycles. The van der Waals surface area contributed by atoms with Gasteiger partial charge >= 0.3 is 0 Å². The molecule has 2 aliphatic rings. The molecule has 1 aliphatic heterocycles. The van der Waals surface area contributed by atoms with E-state index in [-0.39, 0.29) is 17.9 Å². The summed E-state index contributed by atoms with van der Waals surface area (Å²) < 4.78 is 0. The van der Waals surface area contributed by atoms with Crippen LogP contribution in [0.1, 0.15) is 45.1 Å². The summed E-state index contributed by atoms with van der Waals surface area (Å²) in [5.74, 6) is 0.363. The molecule has 0 radical (unpaired) electrons. The van der Waals surface area contributed by atoms with Crippen LogP contribution in [0.25, 0.3) is 0 Å². The minimum Gasteiger partial charge on any atom is -0.334 e. The molecule has 1 amide bonds. The molecule has 0 aromatic heterocycles. The van der Waals surface area contributed by atoms with Gasteiger partial charge in [-0.05, 0) is 43.7 Å². The van der Waals surface area contributed by atoms with E-state index in [0.717, 1.165) is 45.3 Å². The van der Waals surface area contributed by atoms with E-state index in [2.05, 4.69) is 40.1 Å². The highest BCUT2D eigenvalue weighted by Crippen LogP contribution is 2.32. The topological polar surface area (TPSA) is 49.6 Å². The van der Waals surface area contributed by atoms with Crippen LogP contribution in [-0.4, -0.2) is 46.9 Å².